The number of fused-ring (bicyclic) bond motifs is 2. The molecular weight excluding hydrogens is 356 g/mol. The van der Waals surface area contributed by atoms with Gasteiger partial charge in [0.15, 0.2) is 0 Å². The Labute approximate surface area is 172 Å². The topological polar surface area (TPSA) is 32.3 Å². The van der Waals surface area contributed by atoms with Crippen LogP contribution in [0.2, 0.25) is 0 Å². The van der Waals surface area contributed by atoms with Gasteiger partial charge < -0.3 is 10.2 Å². The van der Waals surface area contributed by atoms with E-state index >= 15 is 0 Å². The average molecular weight is 383 g/mol. The van der Waals surface area contributed by atoms with E-state index < -0.39 is 0 Å². The molecule has 2 aliphatic heterocycles. The van der Waals surface area contributed by atoms with E-state index in [0.29, 0.717) is 0 Å². The third-order valence-electron chi connectivity index (χ3n) is 6.57. The molecule has 3 aromatic carbocycles. The van der Waals surface area contributed by atoms with Gasteiger partial charge in [0.2, 0.25) is 5.91 Å². The SMILES string of the molecule is O=C(C(c1ccccc1)c1ccccc1)N1CC2(CCNCC2)c2ccccc21. The maximum Gasteiger partial charge on any atom is 0.239 e. The Kier molecular flexibility index (Phi) is 4.69. The van der Waals surface area contributed by atoms with Crippen LogP contribution in [-0.4, -0.2) is 25.5 Å². The van der Waals surface area contributed by atoms with Crippen molar-refractivity contribution in [3.63, 3.8) is 0 Å². The number of carbonyl (C=O) groups is 1. The van der Waals surface area contributed by atoms with Crippen LogP contribution in [0.5, 0.6) is 0 Å². The van der Waals surface area contributed by atoms with Crippen LogP contribution in [0.4, 0.5) is 5.69 Å². The predicted molar refractivity (Wildman–Crippen MR) is 117 cm³/mol. The van der Waals surface area contributed by atoms with E-state index in [1.54, 1.807) is 0 Å². The molecule has 0 bridgehead atoms. The molecule has 1 N–H and O–H groups in total. The van der Waals surface area contributed by atoms with E-state index in [1.165, 1.54) is 5.56 Å². The summed E-state index contributed by atoms with van der Waals surface area (Å²) >= 11 is 0. The van der Waals surface area contributed by atoms with E-state index in [4.69, 9.17) is 0 Å². The van der Waals surface area contributed by atoms with Crippen molar-refractivity contribution in [1.82, 2.24) is 5.32 Å². The Bertz CT molecular complexity index is 954. The monoisotopic (exact) mass is 382 g/mol. The lowest BCUT2D eigenvalue weighted by atomic mass is 9.75. The second-order valence-electron chi connectivity index (χ2n) is 8.23. The van der Waals surface area contributed by atoms with Gasteiger partial charge in [0.05, 0.1) is 5.92 Å². The highest BCUT2D eigenvalue weighted by Gasteiger charge is 2.46. The van der Waals surface area contributed by atoms with Crippen LogP contribution in [0.3, 0.4) is 0 Å². The van der Waals surface area contributed by atoms with Crippen LogP contribution in [-0.2, 0) is 10.2 Å². The van der Waals surface area contributed by atoms with Gasteiger partial charge in [-0.2, -0.15) is 0 Å². The number of nitrogens with one attached hydrogen (secondary N) is 1. The molecule has 0 unspecified atom stereocenters. The van der Waals surface area contributed by atoms with E-state index in [0.717, 1.165) is 49.3 Å². The fourth-order valence-electron chi connectivity index (χ4n) is 5.08. The zero-order chi connectivity index (χ0) is 19.7. The number of anilines is 1. The summed E-state index contributed by atoms with van der Waals surface area (Å²) in [5.74, 6) is -0.118. The summed E-state index contributed by atoms with van der Waals surface area (Å²) in [6, 6.07) is 28.9. The minimum atomic E-state index is -0.290. The first-order chi connectivity index (χ1) is 14.3. The van der Waals surface area contributed by atoms with Crippen LogP contribution in [0.1, 0.15) is 35.4 Å². The van der Waals surface area contributed by atoms with E-state index in [9.17, 15) is 4.79 Å². The second-order valence-corrected chi connectivity index (χ2v) is 8.23. The number of rotatable bonds is 3. The van der Waals surface area contributed by atoms with Crippen LogP contribution >= 0.6 is 0 Å². The van der Waals surface area contributed by atoms with Gasteiger partial charge in [0.25, 0.3) is 0 Å². The number of hydrogen-bond acceptors (Lipinski definition) is 2. The highest BCUT2D eigenvalue weighted by Crippen LogP contribution is 2.47. The second kappa shape index (κ2) is 7.49. The summed E-state index contributed by atoms with van der Waals surface area (Å²) in [5, 5.41) is 3.48. The van der Waals surface area contributed by atoms with E-state index in [2.05, 4.69) is 58.7 Å². The molecule has 0 aromatic heterocycles. The van der Waals surface area contributed by atoms with E-state index in [-0.39, 0.29) is 17.2 Å². The highest BCUT2D eigenvalue weighted by atomic mass is 16.2. The van der Waals surface area contributed by atoms with E-state index in [1.807, 2.05) is 36.4 Å². The summed E-state index contributed by atoms with van der Waals surface area (Å²) in [7, 11) is 0. The third-order valence-corrected chi connectivity index (χ3v) is 6.57. The molecule has 1 spiro atoms. The van der Waals surface area contributed by atoms with Crippen molar-refractivity contribution in [2.24, 2.45) is 0 Å². The molecule has 29 heavy (non-hydrogen) atoms. The van der Waals surface area contributed by atoms with Crippen LogP contribution in [0, 0.1) is 0 Å². The van der Waals surface area contributed by atoms with Crippen LogP contribution in [0.15, 0.2) is 84.9 Å². The maximum atomic E-state index is 14.0. The quantitative estimate of drug-likeness (QED) is 0.724. The first kappa shape index (κ1) is 18.1. The molecule has 3 nitrogen and oxygen atoms in total. The molecule has 0 atom stereocenters. The Hall–Kier alpha value is -2.91. The fourth-order valence-corrected chi connectivity index (χ4v) is 5.08. The van der Waals surface area contributed by atoms with Gasteiger partial charge in [-0.05, 0) is 48.7 Å². The van der Waals surface area contributed by atoms with Gasteiger partial charge in [0.1, 0.15) is 0 Å². The lowest BCUT2D eigenvalue weighted by Gasteiger charge is -2.35. The molecule has 0 radical (unpaired) electrons. The molecule has 1 amide bonds. The Balaban J connectivity index is 1.58. The molecule has 3 heteroatoms. The van der Waals surface area contributed by atoms with Gasteiger partial charge in [0, 0.05) is 17.6 Å². The summed E-state index contributed by atoms with van der Waals surface area (Å²) in [5.41, 5.74) is 4.61. The Morgan fingerprint density at radius 3 is 1.97 bits per heavy atom. The van der Waals surface area contributed by atoms with Crippen molar-refractivity contribution in [2.45, 2.75) is 24.2 Å². The summed E-state index contributed by atoms with van der Waals surface area (Å²) in [6.45, 7) is 2.80. The van der Waals surface area contributed by atoms with Crippen molar-refractivity contribution in [3.8, 4) is 0 Å². The summed E-state index contributed by atoms with van der Waals surface area (Å²) < 4.78 is 0. The molecule has 0 saturated carbocycles. The maximum absolute atomic E-state index is 14.0. The van der Waals surface area contributed by atoms with Crippen molar-refractivity contribution >= 4 is 11.6 Å². The normalized spacial score (nSPS) is 17.5. The zero-order valence-corrected chi connectivity index (χ0v) is 16.6. The molecule has 1 fully saturated rings. The largest absolute Gasteiger partial charge is 0.317 e. The first-order valence-corrected chi connectivity index (χ1v) is 10.5. The molecule has 146 valence electrons. The van der Waals surface area contributed by atoms with Crippen molar-refractivity contribution < 1.29 is 4.79 Å². The molecule has 0 aliphatic carbocycles. The van der Waals surface area contributed by atoms with Gasteiger partial charge in [-0.25, -0.2) is 0 Å². The number of amides is 1. The van der Waals surface area contributed by atoms with Crippen molar-refractivity contribution in [3.05, 3.63) is 102 Å². The molecule has 5 rings (SSSR count). The van der Waals surface area contributed by atoms with Gasteiger partial charge in [-0.3, -0.25) is 4.79 Å². The Morgan fingerprint density at radius 1 is 0.793 bits per heavy atom. The number of hydrogen-bond donors (Lipinski definition) is 1. The minimum Gasteiger partial charge on any atom is -0.317 e. The number of benzene rings is 3. The lowest BCUT2D eigenvalue weighted by Crippen LogP contribution is -2.45. The number of para-hydroxylation sites is 1. The number of carbonyl (C=O) groups excluding carboxylic acids is 1. The molecular formula is C26H26N2O. The highest BCUT2D eigenvalue weighted by molar-refractivity contribution is 6.02. The van der Waals surface area contributed by atoms with Gasteiger partial charge >= 0.3 is 0 Å². The van der Waals surface area contributed by atoms with Gasteiger partial charge in [-0.1, -0.05) is 78.9 Å². The van der Waals surface area contributed by atoms with Crippen LogP contribution in [0.25, 0.3) is 0 Å². The number of nitrogens with zero attached hydrogens (tertiary/aromatic N) is 1. The molecule has 2 heterocycles. The zero-order valence-electron chi connectivity index (χ0n) is 16.6. The molecule has 2 aliphatic rings. The minimum absolute atomic E-state index is 0.0788. The fraction of sp³-hybridized carbons (Fsp3) is 0.269. The lowest BCUT2D eigenvalue weighted by molar-refractivity contribution is -0.119. The van der Waals surface area contributed by atoms with Crippen molar-refractivity contribution in [1.29, 1.82) is 0 Å². The smallest absolute Gasteiger partial charge is 0.239 e. The van der Waals surface area contributed by atoms with Crippen LogP contribution < -0.4 is 10.2 Å². The average Bonchev–Trinajstić information content (AvgIpc) is 3.10. The van der Waals surface area contributed by atoms with Gasteiger partial charge in [-0.15, -0.1) is 0 Å². The first-order valence-electron chi connectivity index (χ1n) is 10.5. The van der Waals surface area contributed by atoms with Crippen molar-refractivity contribution in [2.75, 3.05) is 24.5 Å². The number of piperidine rings is 1. The molecule has 1 saturated heterocycles. The summed E-state index contributed by atoms with van der Waals surface area (Å²) in [4.78, 5) is 16.1. The third kappa shape index (κ3) is 3.16. The predicted octanol–water partition coefficient (Wildman–Crippen LogP) is 4.49. The molecule has 3 aromatic rings. The standard InChI is InChI=1S/C26H26N2O/c29-25(24(20-9-3-1-4-10-20)21-11-5-2-6-12-21)28-19-26(15-17-27-18-16-26)22-13-7-8-14-23(22)28/h1-14,24,27H,15-19H2. The Morgan fingerprint density at radius 2 is 1.34 bits per heavy atom. The summed E-state index contributed by atoms with van der Waals surface area (Å²) in [6.07, 6.45) is 2.16.